The maximum Gasteiger partial charge on any atom is 0.323 e. The van der Waals surface area contributed by atoms with Gasteiger partial charge in [0.1, 0.15) is 6.04 Å². The van der Waals surface area contributed by atoms with Crippen molar-refractivity contribution in [3.05, 3.63) is 35.9 Å². The van der Waals surface area contributed by atoms with E-state index in [1.807, 2.05) is 6.07 Å². The van der Waals surface area contributed by atoms with Gasteiger partial charge in [-0.15, -0.1) is 0 Å². The van der Waals surface area contributed by atoms with Gasteiger partial charge in [-0.2, -0.15) is 0 Å². The molecule has 1 aromatic carbocycles. The zero-order valence-electron chi connectivity index (χ0n) is 13.1. The number of hydrogen-bond donors (Lipinski definition) is 1. The summed E-state index contributed by atoms with van der Waals surface area (Å²) < 4.78 is 4.88. The molecule has 0 spiro atoms. The highest BCUT2D eigenvalue weighted by Gasteiger charge is 2.24. The molecule has 0 aliphatic heterocycles. The molecule has 0 radical (unpaired) electrons. The van der Waals surface area contributed by atoms with Gasteiger partial charge in [-0.3, -0.25) is 4.79 Å². The Bertz CT molecular complexity index is 391. The maximum absolute atomic E-state index is 11.8. The first kappa shape index (κ1) is 16.7. The molecule has 112 valence electrons. The van der Waals surface area contributed by atoms with E-state index < -0.39 is 0 Å². The summed E-state index contributed by atoms with van der Waals surface area (Å²) in [6, 6.07) is 10.3. The molecule has 0 aromatic heterocycles. The van der Waals surface area contributed by atoms with Crippen LogP contribution in [0.4, 0.5) is 0 Å². The van der Waals surface area contributed by atoms with Crippen LogP contribution in [0.2, 0.25) is 0 Å². The van der Waals surface area contributed by atoms with E-state index in [-0.39, 0.29) is 17.9 Å². The Hall–Kier alpha value is -1.35. The quantitative estimate of drug-likeness (QED) is 0.740. The van der Waals surface area contributed by atoms with Gasteiger partial charge in [0.25, 0.3) is 0 Å². The number of methoxy groups -OCH3 is 1. The smallest absolute Gasteiger partial charge is 0.323 e. The average molecular weight is 277 g/mol. The zero-order chi connectivity index (χ0) is 15.0. The highest BCUT2D eigenvalue weighted by atomic mass is 16.5. The van der Waals surface area contributed by atoms with Crippen LogP contribution < -0.4 is 5.32 Å². The molecule has 0 aliphatic rings. The second kappa shape index (κ2) is 8.75. The minimum absolute atomic E-state index is 0.160. The number of ether oxygens (including phenoxy) is 1. The summed E-state index contributed by atoms with van der Waals surface area (Å²) in [6.07, 6.45) is 1.97. The van der Waals surface area contributed by atoms with Gasteiger partial charge in [0.2, 0.25) is 0 Å². The molecule has 0 fully saturated rings. The lowest BCUT2D eigenvalue weighted by Crippen LogP contribution is -2.43. The number of nitrogens with one attached hydrogen (secondary N) is 1. The Morgan fingerprint density at radius 2 is 1.90 bits per heavy atom. The summed E-state index contributed by atoms with van der Waals surface area (Å²) in [5.74, 6) is 0.611. The van der Waals surface area contributed by atoms with E-state index in [0.717, 1.165) is 19.4 Å². The van der Waals surface area contributed by atoms with E-state index >= 15 is 0 Å². The van der Waals surface area contributed by atoms with Gasteiger partial charge in [0, 0.05) is 0 Å². The van der Waals surface area contributed by atoms with Gasteiger partial charge < -0.3 is 10.1 Å². The van der Waals surface area contributed by atoms with Gasteiger partial charge in [0.05, 0.1) is 7.11 Å². The first-order valence-corrected chi connectivity index (χ1v) is 7.46. The summed E-state index contributed by atoms with van der Waals surface area (Å²) in [5, 5.41) is 3.35. The molecular weight excluding hydrogens is 250 g/mol. The molecule has 3 heteroatoms. The second-order valence-corrected chi connectivity index (χ2v) is 5.44. The minimum atomic E-state index is -0.201. The van der Waals surface area contributed by atoms with E-state index in [1.54, 1.807) is 0 Å². The topological polar surface area (TPSA) is 38.3 Å². The van der Waals surface area contributed by atoms with Gasteiger partial charge in [-0.1, -0.05) is 57.5 Å². The van der Waals surface area contributed by atoms with Crippen LogP contribution in [-0.2, 0) is 9.53 Å². The summed E-state index contributed by atoms with van der Waals surface area (Å²) in [7, 11) is 1.45. The average Bonchev–Trinajstić information content (AvgIpc) is 2.50. The largest absolute Gasteiger partial charge is 0.468 e. The molecular formula is C17H27NO2. The molecule has 20 heavy (non-hydrogen) atoms. The van der Waals surface area contributed by atoms with Crippen LogP contribution in [0.25, 0.3) is 0 Å². The molecule has 0 heterocycles. The molecule has 3 nitrogen and oxygen atoms in total. The molecule has 0 bridgehead atoms. The van der Waals surface area contributed by atoms with Crippen LogP contribution in [0.15, 0.2) is 30.3 Å². The molecule has 0 saturated heterocycles. The predicted molar refractivity (Wildman–Crippen MR) is 82.7 cm³/mol. The molecule has 1 rings (SSSR count). The first-order valence-electron chi connectivity index (χ1n) is 7.46. The van der Waals surface area contributed by atoms with Gasteiger partial charge in [0.15, 0.2) is 0 Å². The van der Waals surface area contributed by atoms with E-state index in [1.165, 1.54) is 12.7 Å². The monoisotopic (exact) mass is 277 g/mol. The number of hydrogen-bond acceptors (Lipinski definition) is 3. The Kier molecular flexibility index (Phi) is 7.31. The number of esters is 1. The fourth-order valence-corrected chi connectivity index (χ4v) is 2.28. The summed E-state index contributed by atoms with van der Waals surface area (Å²) in [4.78, 5) is 11.8. The van der Waals surface area contributed by atoms with Crippen LogP contribution in [-0.4, -0.2) is 25.7 Å². The van der Waals surface area contributed by atoms with E-state index in [0.29, 0.717) is 5.92 Å². The van der Waals surface area contributed by atoms with Crippen molar-refractivity contribution in [1.82, 2.24) is 5.32 Å². The fourth-order valence-electron chi connectivity index (χ4n) is 2.28. The zero-order valence-corrected chi connectivity index (χ0v) is 13.1. The maximum atomic E-state index is 11.8. The van der Waals surface area contributed by atoms with Crippen molar-refractivity contribution in [2.75, 3.05) is 13.7 Å². The number of carbonyl (C=O) groups is 1. The van der Waals surface area contributed by atoms with Crippen molar-refractivity contribution >= 4 is 5.97 Å². The minimum Gasteiger partial charge on any atom is -0.468 e. The number of benzene rings is 1. The lowest BCUT2D eigenvalue weighted by Gasteiger charge is -2.22. The van der Waals surface area contributed by atoms with Gasteiger partial charge >= 0.3 is 5.97 Å². The molecule has 1 N–H and O–H groups in total. The Morgan fingerprint density at radius 3 is 2.45 bits per heavy atom. The van der Waals surface area contributed by atoms with Crippen molar-refractivity contribution in [1.29, 1.82) is 0 Å². The van der Waals surface area contributed by atoms with E-state index in [4.69, 9.17) is 4.74 Å². The van der Waals surface area contributed by atoms with Crippen LogP contribution in [0.5, 0.6) is 0 Å². The Morgan fingerprint density at radius 1 is 1.25 bits per heavy atom. The molecule has 0 saturated carbocycles. The lowest BCUT2D eigenvalue weighted by molar-refractivity contribution is -0.144. The van der Waals surface area contributed by atoms with Crippen molar-refractivity contribution in [3.63, 3.8) is 0 Å². The molecule has 0 aliphatic carbocycles. The van der Waals surface area contributed by atoms with Crippen molar-refractivity contribution < 1.29 is 9.53 Å². The summed E-state index contributed by atoms with van der Waals surface area (Å²) in [6.45, 7) is 7.21. The predicted octanol–water partition coefficient (Wildman–Crippen LogP) is 3.36. The van der Waals surface area contributed by atoms with Gasteiger partial charge in [-0.25, -0.2) is 0 Å². The fraction of sp³-hybridized carbons (Fsp3) is 0.588. The SMILES string of the molecule is CCC(C)C(NCCC(C)c1ccccc1)C(=O)OC. The molecule has 3 unspecified atom stereocenters. The van der Waals surface area contributed by atoms with Crippen LogP contribution in [0.3, 0.4) is 0 Å². The summed E-state index contributed by atoms with van der Waals surface area (Å²) >= 11 is 0. The molecule has 0 amide bonds. The van der Waals surface area contributed by atoms with Crippen molar-refractivity contribution in [2.45, 2.75) is 45.6 Å². The third kappa shape index (κ3) is 4.97. The van der Waals surface area contributed by atoms with Crippen LogP contribution in [0.1, 0.15) is 45.1 Å². The van der Waals surface area contributed by atoms with Gasteiger partial charge in [-0.05, 0) is 30.4 Å². The van der Waals surface area contributed by atoms with Crippen molar-refractivity contribution in [2.24, 2.45) is 5.92 Å². The normalized spacial score (nSPS) is 15.4. The van der Waals surface area contributed by atoms with Crippen LogP contribution in [0, 0.1) is 5.92 Å². The number of carbonyl (C=O) groups excluding carboxylic acids is 1. The van der Waals surface area contributed by atoms with E-state index in [9.17, 15) is 4.79 Å². The highest BCUT2D eigenvalue weighted by molar-refractivity contribution is 5.75. The Balaban J connectivity index is 2.46. The second-order valence-electron chi connectivity index (χ2n) is 5.44. The third-order valence-electron chi connectivity index (χ3n) is 3.98. The lowest BCUT2D eigenvalue weighted by atomic mass is 9.96. The highest BCUT2D eigenvalue weighted by Crippen LogP contribution is 2.18. The standard InChI is InChI=1S/C17H27NO2/c1-5-13(2)16(17(19)20-4)18-12-11-14(3)15-9-7-6-8-10-15/h6-10,13-14,16,18H,5,11-12H2,1-4H3. The first-order chi connectivity index (χ1) is 9.60. The van der Waals surface area contributed by atoms with Crippen molar-refractivity contribution in [3.8, 4) is 0 Å². The van der Waals surface area contributed by atoms with Crippen LogP contribution >= 0.6 is 0 Å². The Labute approximate surface area is 122 Å². The third-order valence-corrected chi connectivity index (χ3v) is 3.98. The number of rotatable bonds is 8. The molecule has 1 aromatic rings. The summed E-state index contributed by atoms with van der Waals surface area (Å²) in [5.41, 5.74) is 1.34. The van der Waals surface area contributed by atoms with E-state index in [2.05, 4.69) is 50.4 Å². The molecule has 3 atom stereocenters.